The first-order valence-corrected chi connectivity index (χ1v) is 9.25. The third-order valence-corrected chi connectivity index (χ3v) is 5.26. The Morgan fingerprint density at radius 3 is 2.88 bits per heavy atom. The number of carbonyl (C=O) groups is 2. The van der Waals surface area contributed by atoms with Gasteiger partial charge in [0.2, 0.25) is 0 Å². The van der Waals surface area contributed by atoms with Crippen LogP contribution in [0.1, 0.15) is 22.3 Å². The van der Waals surface area contributed by atoms with Gasteiger partial charge in [0.15, 0.2) is 5.13 Å². The largest absolute Gasteiger partial charge is 0.466 e. The number of fused-ring (bicyclic) bond motifs is 1. The predicted octanol–water partition coefficient (Wildman–Crippen LogP) is 3.62. The topological polar surface area (TPSA) is 111 Å². The molecule has 10 heteroatoms. The van der Waals surface area contributed by atoms with Crippen LogP contribution in [0.4, 0.5) is 10.8 Å². The number of thiophene rings is 1. The van der Waals surface area contributed by atoms with E-state index in [9.17, 15) is 19.7 Å². The van der Waals surface area contributed by atoms with Gasteiger partial charge in [-0.05, 0) is 19.1 Å². The summed E-state index contributed by atoms with van der Waals surface area (Å²) in [6.45, 7) is 2.03. The fourth-order valence-corrected chi connectivity index (χ4v) is 3.86. The van der Waals surface area contributed by atoms with Gasteiger partial charge in [-0.3, -0.25) is 25.0 Å². The minimum Gasteiger partial charge on any atom is -0.466 e. The predicted molar refractivity (Wildman–Crippen MR) is 98.9 cm³/mol. The van der Waals surface area contributed by atoms with Crippen molar-refractivity contribution in [3.8, 4) is 0 Å². The van der Waals surface area contributed by atoms with Crippen LogP contribution in [0, 0.1) is 10.1 Å². The summed E-state index contributed by atoms with van der Waals surface area (Å²) in [5, 5.41) is 16.2. The van der Waals surface area contributed by atoms with E-state index in [1.54, 1.807) is 24.4 Å². The summed E-state index contributed by atoms with van der Waals surface area (Å²) in [5.74, 6) is -0.729. The van der Waals surface area contributed by atoms with Crippen molar-refractivity contribution in [1.82, 2.24) is 4.98 Å². The van der Waals surface area contributed by atoms with Crippen LogP contribution in [-0.2, 0) is 16.0 Å². The van der Waals surface area contributed by atoms with Crippen molar-refractivity contribution >= 4 is 55.5 Å². The van der Waals surface area contributed by atoms with Gasteiger partial charge < -0.3 is 4.74 Å². The molecule has 2 heterocycles. The zero-order valence-electron chi connectivity index (χ0n) is 13.6. The van der Waals surface area contributed by atoms with Crippen LogP contribution in [-0.4, -0.2) is 28.4 Å². The van der Waals surface area contributed by atoms with E-state index in [0.717, 1.165) is 4.70 Å². The highest BCUT2D eigenvalue weighted by atomic mass is 32.1. The quantitative estimate of drug-likeness (QED) is 0.390. The smallest absolute Gasteiger partial charge is 0.311 e. The zero-order chi connectivity index (χ0) is 18.7. The molecule has 2 aromatic heterocycles. The third-order valence-electron chi connectivity index (χ3n) is 3.34. The van der Waals surface area contributed by atoms with Crippen LogP contribution in [0.25, 0.3) is 10.1 Å². The van der Waals surface area contributed by atoms with Crippen molar-refractivity contribution in [1.29, 1.82) is 0 Å². The summed E-state index contributed by atoms with van der Waals surface area (Å²) in [5.41, 5.74) is 0.501. The molecule has 0 aliphatic carbocycles. The maximum Gasteiger partial charge on any atom is 0.311 e. The van der Waals surface area contributed by atoms with Gasteiger partial charge in [0.05, 0.1) is 28.5 Å². The van der Waals surface area contributed by atoms with Gasteiger partial charge in [-0.15, -0.1) is 22.7 Å². The minimum absolute atomic E-state index is 0.0224. The molecule has 1 N–H and O–H groups in total. The lowest BCUT2D eigenvalue weighted by Crippen LogP contribution is -2.11. The number of rotatable bonds is 6. The second-order valence-electron chi connectivity index (χ2n) is 5.17. The van der Waals surface area contributed by atoms with Crippen molar-refractivity contribution in [2.75, 3.05) is 11.9 Å². The summed E-state index contributed by atoms with van der Waals surface area (Å²) in [4.78, 5) is 38.8. The standard InChI is InChI=1S/C16H13N3O5S2/c1-2-24-14(20)7-10-8-25-16(17-10)18-15(21)13-6-9-5-11(19(22)23)3-4-12(9)26-13/h3-6,8H,2,7H2,1H3,(H,17,18,21). The van der Waals surface area contributed by atoms with Gasteiger partial charge in [0, 0.05) is 27.6 Å². The van der Waals surface area contributed by atoms with E-state index in [2.05, 4.69) is 10.3 Å². The third kappa shape index (κ3) is 4.03. The molecule has 0 saturated carbocycles. The molecule has 0 bridgehead atoms. The highest BCUT2D eigenvalue weighted by Crippen LogP contribution is 2.29. The van der Waals surface area contributed by atoms with Crippen molar-refractivity contribution < 1.29 is 19.2 Å². The lowest BCUT2D eigenvalue weighted by atomic mass is 10.2. The lowest BCUT2D eigenvalue weighted by Gasteiger charge is -1.99. The molecule has 1 aromatic carbocycles. The summed E-state index contributed by atoms with van der Waals surface area (Å²) >= 11 is 2.45. The number of benzene rings is 1. The number of non-ortho nitro benzene ring substituents is 1. The number of nitrogens with zero attached hydrogens (tertiary/aromatic N) is 2. The van der Waals surface area contributed by atoms with Gasteiger partial charge in [0.1, 0.15) is 0 Å². The molecule has 0 aliphatic heterocycles. The average Bonchev–Trinajstić information content (AvgIpc) is 3.20. The Morgan fingerprint density at radius 2 is 2.15 bits per heavy atom. The number of thiazole rings is 1. The van der Waals surface area contributed by atoms with Crippen LogP contribution in [0.15, 0.2) is 29.6 Å². The van der Waals surface area contributed by atoms with Crippen molar-refractivity contribution in [3.05, 3.63) is 50.3 Å². The van der Waals surface area contributed by atoms with E-state index in [-0.39, 0.29) is 24.0 Å². The number of hydrogen-bond acceptors (Lipinski definition) is 8. The van der Waals surface area contributed by atoms with Crippen LogP contribution < -0.4 is 5.32 Å². The Labute approximate surface area is 155 Å². The number of nitro groups is 1. The van der Waals surface area contributed by atoms with Crippen molar-refractivity contribution in [2.45, 2.75) is 13.3 Å². The van der Waals surface area contributed by atoms with Gasteiger partial charge in [-0.2, -0.15) is 0 Å². The fourth-order valence-electron chi connectivity index (χ4n) is 2.22. The first-order valence-electron chi connectivity index (χ1n) is 7.55. The normalized spacial score (nSPS) is 10.7. The monoisotopic (exact) mass is 391 g/mol. The maximum absolute atomic E-state index is 12.4. The Balaban J connectivity index is 1.72. The number of esters is 1. The Bertz CT molecular complexity index is 995. The van der Waals surface area contributed by atoms with Gasteiger partial charge in [-0.1, -0.05) is 0 Å². The molecule has 0 radical (unpaired) electrons. The summed E-state index contributed by atoms with van der Waals surface area (Å²) < 4.78 is 5.64. The number of aromatic nitrogens is 1. The summed E-state index contributed by atoms with van der Waals surface area (Å²) in [7, 11) is 0. The molecule has 0 atom stereocenters. The van der Waals surface area contributed by atoms with Gasteiger partial charge in [-0.25, -0.2) is 4.98 Å². The molecule has 0 spiro atoms. The van der Waals surface area contributed by atoms with E-state index >= 15 is 0 Å². The number of nitro benzene ring substituents is 1. The van der Waals surface area contributed by atoms with Crippen molar-refractivity contribution in [3.63, 3.8) is 0 Å². The molecule has 26 heavy (non-hydrogen) atoms. The molecule has 0 saturated heterocycles. The highest BCUT2D eigenvalue weighted by molar-refractivity contribution is 7.21. The molecule has 134 valence electrons. The molecule has 0 unspecified atom stereocenters. The highest BCUT2D eigenvalue weighted by Gasteiger charge is 2.15. The minimum atomic E-state index is -0.475. The molecule has 3 aromatic rings. The molecule has 0 aliphatic rings. The Morgan fingerprint density at radius 1 is 1.35 bits per heavy atom. The van der Waals surface area contributed by atoms with E-state index in [0.29, 0.717) is 27.7 Å². The van der Waals surface area contributed by atoms with Crippen LogP contribution in [0.2, 0.25) is 0 Å². The van der Waals surface area contributed by atoms with E-state index in [1.165, 1.54) is 34.8 Å². The second-order valence-corrected chi connectivity index (χ2v) is 7.11. The van der Waals surface area contributed by atoms with Gasteiger partial charge in [0.25, 0.3) is 11.6 Å². The maximum atomic E-state index is 12.4. The first-order chi connectivity index (χ1) is 12.5. The molecular formula is C16H13N3O5S2. The van der Waals surface area contributed by atoms with Crippen molar-refractivity contribution in [2.24, 2.45) is 0 Å². The molecule has 8 nitrogen and oxygen atoms in total. The first kappa shape index (κ1) is 18.0. The number of anilines is 1. The number of hydrogen-bond donors (Lipinski definition) is 1. The SMILES string of the molecule is CCOC(=O)Cc1csc(NC(=O)c2cc3cc([N+](=O)[O-])ccc3s2)n1. The van der Waals surface area contributed by atoms with E-state index in [1.807, 2.05) is 0 Å². The number of carbonyl (C=O) groups excluding carboxylic acids is 2. The number of ether oxygens (including phenoxy) is 1. The van der Waals surface area contributed by atoms with Gasteiger partial charge >= 0.3 is 5.97 Å². The van der Waals surface area contributed by atoms with Crippen LogP contribution >= 0.6 is 22.7 Å². The Hall–Kier alpha value is -2.85. The molecule has 3 rings (SSSR count). The second kappa shape index (κ2) is 7.58. The average molecular weight is 391 g/mol. The zero-order valence-corrected chi connectivity index (χ0v) is 15.2. The molecule has 1 amide bonds. The molecule has 0 fully saturated rings. The number of amides is 1. The Kier molecular flexibility index (Phi) is 5.24. The molecular weight excluding hydrogens is 378 g/mol. The summed E-state index contributed by atoms with van der Waals surface area (Å²) in [6, 6.07) is 6.07. The fraction of sp³-hybridized carbons (Fsp3) is 0.188. The summed E-state index contributed by atoms with van der Waals surface area (Å²) in [6.07, 6.45) is 0.0484. The lowest BCUT2D eigenvalue weighted by molar-refractivity contribution is -0.384. The number of nitrogens with one attached hydrogen (secondary N) is 1. The van der Waals surface area contributed by atoms with Crippen LogP contribution in [0.3, 0.4) is 0 Å². The van der Waals surface area contributed by atoms with Crippen LogP contribution in [0.5, 0.6) is 0 Å². The van der Waals surface area contributed by atoms with E-state index in [4.69, 9.17) is 4.74 Å². The van der Waals surface area contributed by atoms with E-state index < -0.39 is 4.92 Å².